The van der Waals surface area contributed by atoms with E-state index >= 15 is 0 Å². The van der Waals surface area contributed by atoms with Gasteiger partial charge in [0.25, 0.3) is 0 Å². The molecule has 4 fully saturated rings. The number of hydrogen-bond acceptors (Lipinski definition) is 2. The highest BCUT2D eigenvalue weighted by atomic mass is 16.3. The number of fused-ring (bicyclic) bond motifs is 5. The predicted molar refractivity (Wildman–Crippen MR) is 91.9 cm³/mol. The molecule has 3 unspecified atom stereocenters. The molecular formula is C21H34O2. The van der Waals surface area contributed by atoms with Gasteiger partial charge >= 0.3 is 0 Å². The molecule has 4 saturated carbocycles. The molecule has 4 rings (SSSR count). The Morgan fingerprint density at radius 2 is 1.65 bits per heavy atom. The second-order valence-corrected chi connectivity index (χ2v) is 9.69. The summed E-state index contributed by atoms with van der Waals surface area (Å²) in [5.74, 6) is 3.84. The zero-order valence-electron chi connectivity index (χ0n) is 15.2. The Labute approximate surface area is 141 Å². The maximum absolute atomic E-state index is 12.4. The van der Waals surface area contributed by atoms with Gasteiger partial charge in [0.2, 0.25) is 0 Å². The normalized spacial score (nSPS) is 55.9. The highest BCUT2D eigenvalue weighted by Gasteiger charge is 2.61. The lowest BCUT2D eigenvalue weighted by molar-refractivity contribution is -0.153. The first kappa shape index (κ1) is 16.1. The molecule has 0 amide bonds. The Kier molecular flexibility index (Phi) is 3.72. The van der Waals surface area contributed by atoms with Crippen LogP contribution in [0.25, 0.3) is 0 Å². The fourth-order valence-corrected chi connectivity index (χ4v) is 7.80. The first-order valence-electron chi connectivity index (χ1n) is 10.1. The van der Waals surface area contributed by atoms with Crippen molar-refractivity contribution in [1.29, 1.82) is 0 Å². The van der Waals surface area contributed by atoms with Crippen LogP contribution >= 0.6 is 0 Å². The Bertz CT molecular complexity index is 500. The third kappa shape index (κ3) is 2.06. The molecule has 4 aliphatic carbocycles. The molecule has 0 aliphatic heterocycles. The second-order valence-electron chi connectivity index (χ2n) is 9.69. The van der Waals surface area contributed by atoms with E-state index in [2.05, 4.69) is 20.8 Å². The van der Waals surface area contributed by atoms with Crippen molar-refractivity contribution in [3.8, 4) is 0 Å². The summed E-state index contributed by atoms with van der Waals surface area (Å²) in [6.07, 6.45) is 10.2. The lowest BCUT2D eigenvalue weighted by atomic mass is 9.43. The van der Waals surface area contributed by atoms with Crippen molar-refractivity contribution in [3.63, 3.8) is 0 Å². The molecule has 8 atom stereocenters. The van der Waals surface area contributed by atoms with Crippen LogP contribution in [0.1, 0.15) is 78.6 Å². The lowest BCUT2D eigenvalue weighted by Crippen LogP contribution is -2.56. The largest absolute Gasteiger partial charge is 0.393 e. The van der Waals surface area contributed by atoms with Crippen LogP contribution < -0.4 is 0 Å². The number of carbonyl (C=O) groups is 1. The van der Waals surface area contributed by atoms with Crippen molar-refractivity contribution in [2.75, 3.05) is 0 Å². The Morgan fingerprint density at radius 1 is 0.957 bits per heavy atom. The molecule has 0 saturated heterocycles. The molecule has 1 N–H and O–H groups in total. The van der Waals surface area contributed by atoms with Crippen LogP contribution in [-0.4, -0.2) is 17.0 Å². The monoisotopic (exact) mass is 318 g/mol. The van der Waals surface area contributed by atoms with Crippen LogP contribution in [0.3, 0.4) is 0 Å². The van der Waals surface area contributed by atoms with Gasteiger partial charge in [-0.25, -0.2) is 0 Å². The van der Waals surface area contributed by atoms with Gasteiger partial charge in [-0.3, -0.25) is 4.79 Å². The molecular weight excluding hydrogens is 284 g/mol. The van der Waals surface area contributed by atoms with Crippen LogP contribution in [0.4, 0.5) is 0 Å². The Hall–Kier alpha value is -0.370. The molecule has 0 aromatic rings. The van der Waals surface area contributed by atoms with E-state index in [-0.39, 0.29) is 11.5 Å². The average Bonchev–Trinajstić information content (AvgIpc) is 2.83. The molecule has 130 valence electrons. The first-order valence-corrected chi connectivity index (χ1v) is 10.1. The predicted octanol–water partition coefficient (Wildman–Crippen LogP) is 4.60. The maximum Gasteiger partial charge on any atom is 0.136 e. The van der Waals surface area contributed by atoms with E-state index in [4.69, 9.17) is 0 Å². The van der Waals surface area contributed by atoms with Crippen LogP contribution in [-0.2, 0) is 4.79 Å². The zero-order valence-corrected chi connectivity index (χ0v) is 15.2. The van der Waals surface area contributed by atoms with E-state index in [1.54, 1.807) is 0 Å². The quantitative estimate of drug-likeness (QED) is 0.767. The summed E-state index contributed by atoms with van der Waals surface area (Å²) in [4.78, 5) is 12.4. The van der Waals surface area contributed by atoms with Crippen molar-refractivity contribution in [3.05, 3.63) is 0 Å². The number of aliphatic hydroxyl groups is 1. The highest BCUT2D eigenvalue weighted by molar-refractivity contribution is 5.82. The third-order valence-corrected chi connectivity index (χ3v) is 9.14. The summed E-state index contributed by atoms with van der Waals surface area (Å²) in [6.45, 7) is 7.10. The van der Waals surface area contributed by atoms with Crippen molar-refractivity contribution in [2.24, 2.45) is 40.4 Å². The molecule has 0 spiro atoms. The van der Waals surface area contributed by atoms with E-state index in [0.717, 1.165) is 43.4 Å². The molecule has 0 heterocycles. The summed E-state index contributed by atoms with van der Waals surface area (Å²) in [6, 6.07) is 0. The minimum absolute atomic E-state index is 0.0738. The van der Waals surface area contributed by atoms with E-state index < -0.39 is 0 Å². The number of ketones is 1. The molecule has 23 heavy (non-hydrogen) atoms. The molecule has 0 radical (unpaired) electrons. The number of carbonyl (C=O) groups excluding carboxylic acids is 1. The number of hydrogen-bond donors (Lipinski definition) is 1. The van der Waals surface area contributed by atoms with Gasteiger partial charge < -0.3 is 5.11 Å². The summed E-state index contributed by atoms with van der Waals surface area (Å²) in [5.41, 5.74) is 0.561. The van der Waals surface area contributed by atoms with Crippen LogP contribution in [0, 0.1) is 40.4 Å². The summed E-state index contributed by atoms with van der Waals surface area (Å²) >= 11 is 0. The van der Waals surface area contributed by atoms with Gasteiger partial charge in [-0.2, -0.15) is 0 Å². The standard InChI is InChI=1S/C21H34O2/c1-4-13-15-6-5-14-16-7-8-19(23)21(16,3)11-9-17(14)20(15,2)12-10-18(13)22/h13-17,19,23H,4-12H2,1-3H3/t13?,14-,15?,16-,17+,19?,20-,21-/m0/s1. The Balaban J connectivity index is 1.65. The maximum atomic E-state index is 12.4. The average molecular weight is 319 g/mol. The van der Waals surface area contributed by atoms with Gasteiger partial charge in [0.1, 0.15) is 5.78 Å². The number of Topliss-reactive ketones (excluding diaryl/α,β-unsaturated/α-hetero) is 1. The van der Waals surface area contributed by atoms with Crippen molar-refractivity contribution in [1.82, 2.24) is 0 Å². The summed E-state index contributed by atoms with van der Waals surface area (Å²) in [5, 5.41) is 10.5. The zero-order chi connectivity index (χ0) is 16.4. The first-order chi connectivity index (χ1) is 10.9. The van der Waals surface area contributed by atoms with Crippen molar-refractivity contribution in [2.45, 2.75) is 84.7 Å². The van der Waals surface area contributed by atoms with E-state index in [9.17, 15) is 9.90 Å². The van der Waals surface area contributed by atoms with Crippen LogP contribution in [0.15, 0.2) is 0 Å². The van der Waals surface area contributed by atoms with E-state index in [0.29, 0.717) is 23.0 Å². The van der Waals surface area contributed by atoms with Crippen LogP contribution in [0.5, 0.6) is 0 Å². The van der Waals surface area contributed by atoms with Crippen molar-refractivity contribution >= 4 is 5.78 Å². The van der Waals surface area contributed by atoms with Crippen LogP contribution in [0.2, 0.25) is 0 Å². The van der Waals surface area contributed by atoms with Gasteiger partial charge in [0, 0.05) is 12.3 Å². The minimum atomic E-state index is -0.0738. The SMILES string of the molecule is CCC1C(=O)CC[C@@]2(C)C1CC[C@@H]1[C@H]2CC[C@]2(C)C(O)CC[C@@H]12. The topological polar surface area (TPSA) is 37.3 Å². The molecule has 2 nitrogen and oxygen atoms in total. The Morgan fingerprint density at radius 3 is 2.39 bits per heavy atom. The van der Waals surface area contributed by atoms with Crippen molar-refractivity contribution < 1.29 is 9.90 Å². The van der Waals surface area contributed by atoms with Gasteiger partial charge in [-0.15, -0.1) is 0 Å². The summed E-state index contributed by atoms with van der Waals surface area (Å²) < 4.78 is 0. The fourth-order valence-electron chi connectivity index (χ4n) is 7.80. The second kappa shape index (κ2) is 5.31. The van der Waals surface area contributed by atoms with Gasteiger partial charge in [-0.1, -0.05) is 20.8 Å². The third-order valence-electron chi connectivity index (χ3n) is 9.14. The number of aliphatic hydroxyl groups excluding tert-OH is 1. The number of rotatable bonds is 1. The fraction of sp³-hybridized carbons (Fsp3) is 0.952. The molecule has 0 aromatic heterocycles. The van der Waals surface area contributed by atoms with E-state index in [1.165, 1.54) is 32.1 Å². The molecule has 0 aromatic carbocycles. The highest BCUT2D eigenvalue weighted by Crippen LogP contribution is 2.66. The van der Waals surface area contributed by atoms with Gasteiger partial charge in [0.15, 0.2) is 0 Å². The van der Waals surface area contributed by atoms with Gasteiger partial charge in [0.05, 0.1) is 6.10 Å². The molecule has 0 bridgehead atoms. The van der Waals surface area contributed by atoms with E-state index in [1.807, 2.05) is 0 Å². The minimum Gasteiger partial charge on any atom is -0.393 e. The molecule has 2 heteroatoms. The smallest absolute Gasteiger partial charge is 0.136 e. The summed E-state index contributed by atoms with van der Waals surface area (Å²) in [7, 11) is 0. The lowest BCUT2D eigenvalue weighted by Gasteiger charge is -2.61. The molecule has 4 aliphatic rings. The van der Waals surface area contributed by atoms with Gasteiger partial charge in [-0.05, 0) is 85.9 Å².